The van der Waals surface area contributed by atoms with Crippen molar-refractivity contribution >= 4 is 21.6 Å². The van der Waals surface area contributed by atoms with Crippen LogP contribution in [-0.4, -0.2) is 33.7 Å². The van der Waals surface area contributed by atoms with Crippen LogP contribution >= 0.6 is 0 Å². The van der Waals surface area contributed by atoms with Gasteiger partial charge in [0, 0.05) is 0 Å². The minimum atomic E-state index is -3.66. The number of sulfonamides is 1. The normalized spacial score (nSPS) is 13.4. The molecule has 2 rings (SSSR count). The first-order chi connectivity index (χ1) is 14.1. The first-order valence-electron chi connectivity index (χ1n) is 10.1. The summed E-state index contributed by atoms with van der Waals surface area (Å²) in [5, 5.41) is 3.05. The molecule has 1 amide bonds. The molecule has 1 N–H and O–H groups in total. The van der Waals surface area contributed by atoms with Crippen LogP contribution in [0.4, 0.5) is 5.69 Å². The predicted molar refractivity (Wildman–Crippen MR) is 121 cm³/mol. The molecule has 0 spiro atoms. The van der Waals surface area contributed by atoms with Gasteiger partial charge in [-0.15, -0.1) is 0 Å². The number of aryl methyl sites for hydroxylation is 2. The van der Waals surface area contributed by atoms with Crippen LogP contribution in [0.2, 0.25) is 0 Å². The monoisotopic (exact) mass is 432 g/mol. The third-order valence-corrected chi connectivity index (χ3v) is 6.31. The van der Waals surface area contributed by atoms with Crippen molar-refractivity contribution in [1.29, 1.82) is 0 Å². The van der Waals surface area contributed by atoms with Gasteiger partial charge in [-0.3, -0.25) is 9.10 Å². The summed E-state index contributed by atoms with van der Waals surface area (Å²) in [5.74, 6) is 0.471. The van der Waals surface area contributed by atoms with Gasteiger partial charge in [0.25, 0.3) is 0 Å². The summed E-state index contributed by atoms with van der Waals surface area (Å²) in [7, 11) is -2.03. The molecule has 0 saturated heterocycles. The zero-order chi connectivity index (χ0) is 22.5. The van der Waals surface area contributed by atoms with Gasteiger partial charge in [0.1, 0.15) is 11.8 Å². The highest BCUT2D eigenvalue weighted by molar-refractivity contribution is 7.92. The van der Waals surface area contributed by atoms with E-state index in [-0.39, 0.29) is 11.9 Å². The molecule has 2 atom stereocenters. The first kappa shape index (κ1) is 23.7. The van der Waals surface area contributed by atoms with E-state index < -0.39 is 16.1 Å². The van der Waals surface area contributed by atoms with Crippen LogP contribution in [0.3, 0.4) is 0 Å². The Hall–Kier alpha value is -2.54. The van der Waals surface area contributed by atoms with Gasteiger partial charge in [0.05, 0.1) is 25.1 Å². The van der Waals surface area contributed by atoms with E-state index in [4.69, 9.17) is 4.74 Å². The molecular formula is C23H32N2O4S. The van der Waals surface area contributed by atoms with Crippen LogP contribution in [0, 0.1) is 13.8 Å². The molecule has 0 unspecified atom stereocenters. The fourth-order valence-electron chi connectivity index (χ4n) is 3.63. The second-order valence-corrected chi connectivity index (χ2v) is 9.38. The molecule has 164 valence electrons. The highest BCUT2D eigenvalue weighted by atomic mass is 32.2. The molecule has 0 aliphatic carbocycles. The molecule has 2 aromatic carbocycles. The van der Waals surface area contributed by atoms with Gasteiger partial charge in [-0.05, 0) is 61.6 Å². The number of nitrogens with zero attached hydrogens (tertiary/aromatic N) is 1. The average molecular weight is 433 g/mol. The number of ether oxygens (including phenoxy) is 1. The van der Waals surface area contributed by atoms with Gasteiger partial charge >= 0.3 is 0 Å². The number of hydrogen-bond acceptors (Lipinski definition) is 4. The molecule has 30 heavy (non-hydrogen) atoms. The number of nitrogens with one attached hydrogen (secondary N) is 1. The zero-order valence-electron chi connectivity index (χ0n) is 18.6. The van der Waals surface area contributed by atoms with Crippen molar-refractivity contribution in [3.63, 3.8) is 0 Å². The van der Waals surface area contributed by atoms with Gasteiger partial charge in [-0.25, -0.2) is 8.42 Å². The minimum absolute atomic E-state index is 0.227. The van der Waals surface area contributed by atoms with Crippen LogP contribution in [-0.2, 0) is 14.8 Å². The van der Waals surface area contributed by atoms with Gasteiger partial charge in [0.2, 0.25) is 15.9 Å². The van der Waals surface area contributed by atoms with Crippen LogP contribution < -0.4 is 14.4 Å². The van der Waals surface area contributed by atoms with Gasteiger partial charge in [-0.2, -0.15) is 0 Å². The lowest BCUT2D eigenvalue weighted by Crippen LogP contribution is -2.50. The number of carbonyl (C=O) groups excluding carboxylic acids is 1. The first-order valence-corrected chi connectivity index (χ1v) is 12.0. The number of benzene rings is 2. The van der Waals surface area contributed by atoms with Crippen LogP contribution in [0.15, 0.2) is 42.5 Å². The van der Waals surface area contributed by atoms with E-state index in [1.165, 1.54) is 4.31 Å². The summed E-state index contributed by atoms with van der Waals surface area (Å²) in [5.41, 5.74) is 3.36. The Balaban J connectivity index is 2.35. The lowest BCUT2D eigenvalue weighted by atomic mass is 10.0. The standard InChI is InChI=1S/C23H32N2O4S/c1-7-20(18-12-13-22(29-5)17(4)15-18)24-23(26)21(8-2)25(30(6,27)28)19-11-9-10-16(3)14-19/h9-15,20-21H,7-8H2,1-6H3,(H,24,26)/t20-,21+/m0/s1. The molecular weight excluding hydrogens is 400 g/mol. The third-order valence-electron chi connectivity index (χ3n) is 5.13. The van der Waals surface area contributed by atoms with Crippen molar-refractivity contribution in [2.75, 3.05) is 17.7 Å². The molecule has 0 aliphatic heterocycles. The Morgan fingerprint density at radius 1 is 1.10 bits per heavy atom. The third kappa shape index (κ3) is 5.53. The number of rotatable bonds is 9. The SMILES string of the molecule is CC[C@H](NC(=O)[C@@H](CC)N(c1cccc(C)c1)S(C)(=O)=O)c1ccc(OC)c(C)c1. The highest BCUT2D eigenvalue weighted by Crippen LogP contribution is 2.27. The Bertz CT molecular complexity index is 988. The van der Waals surface area contributed by atoms with E-state index in [1.807, 2.05) is 52.0 Å². The van der Waals surface area contributed by atoms with Gasteiger partial charge in [0.15, 0.2) is 0 Å². The fraction of sp³-hybridized carbons (Fsp3) is 0.435. The Kier molecular flexibility index (Phi) is 7.89. The fourth-order valence-corrected chi connectivity index (χ4v) is 4.84. The number of anilines is 1. The van der Waals surface area contributed by atoms with Crippen molar-refractivity contribution < 1.29 is 17.9 Å². The Labute approximate surface area is 180 Å². The topological polar surface area (TPSA) is 75.7 Å². The Morgan fingerprint density at radius 3 is 2.30 bits per heavy atom. The van der Waals surface area contributed by atoms with Crippen molar-refractivity contribution in [2.24, 2.45) is 0 Å². The molecule has 2 aromatic rings. The maximum absolute atomic E-state index is 13.2. The van der Waals surface area contributed by atoms with E-state index in [2.05, 4.69) is 5.32 Å². The summed E-state index contributed by atoms with van der Waals surface area (Å²) in [6.45, 7) is 7.65. The van der Waals surface area contributed by atoms with E-state index >= 15 is 0 Å². The highest BCUT2D eigenvalue weighted by Gasteiger charge is 2.32. The van der Waals surface area contributed by atoms with Crippen LogP contribution in [0.1, 0.15) is 49.4 Å². The molecule has 0 aromatic heterocycles. The lowest BCUT2D eigenvalue weighted by molar-refractivity contribution is -0.123. The number of hydrogen-bond donors (Lipinski definition) is 1. The zero-order valence-corrected chi connectivity index (χ0v) is 19.4. The quantitative estimate of drug-likeness (QED) is 0.647. The molecule has 0 fully saturated rings. The second-order valence-electron chi connectivity index (χ2n) is 7.52. The summed E-state index contributed by atoms with van der Waals surface area (Å²) in [4.78, 5) is 13.2. The van der Waals surface area contributed by atoms with E-state index in [0.717, 1.165) is 28.7 Å². The summed E-state index contributed by atoms with van der Waals surface area (Å²) in [6, 6.07) is 11.9. The molecule has 0 bridgehead atoms. The number of carbonyl (C=O) groups is 1. The number of methoxy groups -OCH3 is 1. The van der Waals surface area contributed by atoms with Crippen LogP contribution in [0.5, 0.6) is 5.75 Å². The van der Waals surface area contributed by atoms with E-state index in [0.29, 0.717) is 18.5 Å². The van der Waals surface area contributed by atoms with Crippen molar-refractivity contribution in [3.05, 3.63) is 59.2 Å². The largest absolute Gasteiger partial charge is 0.496 e. The van der Waals surface area contributed by atoms with Gasteiger partial charge in [-0.1, -0.05) is 38.1 Å². The second kappa shape index (κ2) is 9.98. The number of amides is 1. The maximum Gasteiger partial charge on any atom is 0.244 e. The van der Waals surface area contributed by atoms with Crippen molar-refractivity contribution in [3.8, 4) is 5.75 Å². The van der Waals surface area contributed by atoms with Crippen molar-refractivity contribution in [2.45, 2.75) is 52.6 Å². The van der Waals surface area contributed by atoms with Crippen molar-refractivity contribution in [1.82, 2.24) is 5.32 Å². The summed E-state index contributed by atoms with van der Waals surface area (Å²) in [6.07, 6.45) is 2.16. The maximum atomic E-state index is 13.2. The molecule has 6 nitrogen and oxygen atoms in total. The summed E-state index contributed by atoms with van der Waals surface area (Å²) < 4.78 is 31.8. The molecule has 7 heteroatoms. The van der Waals surface area contributed by atoms with Gasteiger partial charge < -0.3 is 10.1 Å². The average Bonchev–Trinajstić information content (AvgIpc) is 2.68. The molecule has 0 aliphatic rings. The van der Waals surface area contributed by atoms with E-state index in [9.17, 15) is 13.2 Å². The predicted octanol–water partition coefficient (Wildman–Crippen LogP) is 4.12. The summed E-state index contributed by atoms with van der Waals surface area (Å²) >= 11 is 0. The molecule has 0 saturated carbocycles. The molecule has 0 radical (unpaired) electrons. The van der Waals surface area contributed by atoms with Crippen LogP contribution in [0.25, 0.3) is 0 Å². The Morgan fingerprint density at radius 2 is 1.80 bits per heavy atom. The minimum Gasteiger partial charge on any atom is -0.496 e. The molecule has 0 heterocycles. The lowest BCUT2D eigenvalue weighted by Gasteiger charge is -2.31. The smallest absolute Gasteiger partial charge is 0.244 e. The van der Waals surface area contributed by atoms with E-state index in [1.54, 1.807) is 25.3 Å².